The van der Waals surface area contributed by atoms with Crippen molar-refractivity contribution in [2.24, 2.45) is 0 Å². The van der Waals surface area contributed by atoms with E-state index in [0.717, 1.165) is 0 Å². The first-order valence-electron chi connectivity index (χ1n) is 4.43. The van der Waals surface area contributed by atoms with Gasteiger partial charge < -0.3 is 0 Å². The molecule has 0 saturated carbocycles. The van der Waals surface area contributed by atoms with Crippen LogP contribution >= 0.6 is 15.9 Å². The van der Waals surface area contributed by atoms with Crippen molar-refractivity contribution < 1.29 is 9.72 Å². The Morgan fingerprint density at radius 2 is 2.24 bits per heavy atom. The molecule has 0 saturated heterocycles. The standard InChI is InChI=1S/C9H5BrN4O3/c10-8-2-1-7(3-9(8)14(16)17)13-4-6(5-15)11-12-13/h1-5H. The van der Waals surface area contributed by atoms with E-state index in [1.165, 1.54) is 23.0 Å². The maximum Gasteiger partial charge on any atom is 0.285 e. The quantitative estimate of drug-likeness (QED) is 0.489. The average molecular weight is 297 g/mol. The molecule has 0 unspecified atom stereocenters. The number of nitro groups is 1. The number of benzene rings is 1. The highest BCUT2D eigenvalue weighted by Gasteiger charge is 2.13. The summed E-state index contributed by atoms with van der Waals surface area (Å²) < 4.78 is 1.67. The number of nitrogens with zero attached hydrogens (tertiary/aromatic N) is 4. The summed E-state index contributed by atoms with van der Waals surface area (Å²) in [4.78, 5) is 20.7. The van der Waals surface area contributed by atoms with E-state index in [4.69, 9.17) is 0 Å². The van der Waals surface area contributed by atoms with Crippen LogP contribution in [0.4, 0.5) is 5.69 Å². The summed E-state index contributed by atoms with van der Waals surface area (Å²) in [5.74, 6) is 0. The fraction of sp³-hybridized carbons (Fsp3) is 0. The Balaban J connectivity index is 2.49. The number of rotatable bonds is 3. The SMILES string of the molecule is O=Cc1cn(-c2ccc(Br)c([N+](=O)[O-])c2)nn1. The Bertz CT molecular complexity index is 596. The first-order chi connectivity index (χ1) is 8.11. The first kappa shape index (κ1) is 11.4. The Morgan fingerprint density at radius 1 is 1.47 bits per heavy atom. The van der Waals surface area contributed by atoms with E-state index in [-0.39, 0.29) is 11.4 Å². The van der Waals surface area contributed by atoms with Gasteiger partial charge in [-0.15, -0.1) is 5.10 Å². The third kappa shape index (κ3) is 2.21. The highest BCUT2D eigenvalue weighted by Crippen LogP contribution is 2.26. The average Bonchev–Trinajstić information content (AvgIpc) is 2.78. The number of carbonyl (C=O) groups excluding carboxylic acids is 1. The number of halogens is 1. The Morgan fingerprint density at radius 3 is 2.82 bits per heavy atom. The van der Waals surface area contributed by atoms with Crippen molar-refractivity contribution in [3.05, 3.63) is 44.7 Å². The zero-order chi connectivity index (χ0) is 12.4. The van der Waals surface area contributed by atoms with Gasteiger partial charge in [0.05, 0.1) is 21.3 Å². The molecule has 17 heavy (non-hydrogen) atoms. The molecule has 86 valence electrons. The molecular formula is C9H5BrN4O3. The largest absolute Gasteiger partial charge is 0.296 e. The molecule has 0 radical (unpaired) electrons. The Kier molecular flexibility index (Phi) is 2.96. The van der Waals surface area contributed by atoms with Crippen molar-refractivity contribution in [1.82, 2.24) is 15.0 Å². The van der Waals surface area contributed by atoms with Crippen molar-refractivity contribution in [1.29, 1.82) is 0 Å². The number of hydrogen-bond donors (Lipinski definition) is 0. The minimum Gasteiger partial charge on any atom is -0.296 e. The van der Waals surface area contributed by atoms with E-state index in [2.05, 4.69) is 26.2 Å². The number of aromatic nitrogens is 3. The second kappa shape index (κ2) is 4.42. The molecule has 1 heterocycles. The molecule has 0 aliphatic carbocycles. The summed E-state index contributed by atoms with van der Waals surface area (Å²) in [5, 5.41) is 18.0. The number of aldehydes is 1. The normalized spacial score (nSPS) is 10.2. The van der Waals surface area contributed by atoms with Gasteiger partial charge in [0, 0.05) is 6.07 Å². The van der Waals surface area contributed by atoms with Crippen LogP contribution in [0.1, 0.15) is 10.5 Å². The van der Waals surface area contributed by atoms with E-state index in [0.29, 0.717) is 16.4 Å². The van der Waals surface area contributed by atoms with Gasteiger partial charge in [-0.25, -0.2) is 4.68 Å². The first-order valence-corrected chi connectivity index (χ1v) is 5.23. The molecule has 0 aliphatic rings. The van der Waals surface area contributed by atoms with Gasteiger partial charge in [0.1, 0.15) is 5.69 Å². The van der Waals surface area contributed by atoms with E-state index in [9.17, 15) is 14.9 Å². The number of hydrogen-bond acceptors (Lipinski definition) is 5. The van der Waals surface area contributed by atoms with E-state index < -0.39 is 4.92 Å². The summed E-state index contributed by atoms with van der Waals surface area (Å²) in [6.45, 7) is 0. The summed E-state index contributed by atoms with van der Waals surface area (Å²) >= 11 is 3.08. The van der Waals surface area contributed by atoms with Gasteiger partial charge in [-0.2, -0.15) is 0 Å². The summed E-state index contributed by atoms with van der Waals surface area (Å²) in [6.07, 6.45) is 1.94. The van der Waals surface area contributed by atoms with Crippen molar-refractivity contribution >= 4 is 27.9 Å². The molecule has 1 aromatic heterocycles. The summed E-state index contributed by atoms with van der Waals surface area (Å²) in [7, 11) is 0. The van der Waals surface area contributed by atoms with Gasteiger partial charge in [0.25, 0.3) is 5.69 Å². The zero-order valence-corrected chi connectivity index (χ0v) is 9.86. The molecule has 0 N–H and O–H groups in total. The van der Waals surface area contributed by atoms with Crippen LogP contribution in [-0.2, 0) is 0 Å². The minimum absolute atomic E-state index is 0.0781. The Labute approximate surface area is 103 Å². The van der Waals surface area contributed by atoms with Gasteiger partial charge in [-0.05, 0) is 28.1 Å². The molecule has 7 nitrogen and oxygen atoms in total. The molecule has 8 heteroatoms. The van der Waals surface area contributed by atoms with E-state index in [1.807, 2.05) is 0 Å². The highest BCUT2D eigenvalue weighted by atomic mass is 79.9. The van der Waals surface area contributed by atoms with Crippen LogP contribution in [0.2, 0.25) is 0 Å². The molecule has 0 spiro atoms. The fourth-order valence-electron chi connectivity index (χ4n) is 1.24. The van der Waals surface area contributed by atoms with Crippen LogP contribution in [0.5, 0.6) is 0 Å². The lowest BCUT2D eigenvalue weighted by Gasteiger charge is -2.00. The lowest BCUT2D eigenvalue weighted by atomic mass is 10.3. The molecule has 0 aliphatic heterocycles. The van der Waals surface area contributed by atoms with Gasteiger partial charge in [0.15, 0.2) is 6.29 Å². The molecule has 0 amide bonds. The minimum atomic E-state index is -0.509. The summed E-state index contributed by atoms with van der Waals surface area (Å²) in [5.41, 5.74) is 0.543. The van der Waals surface area contributed by atoms with Gasteiger partial charge in [0.2, 0.25) is 0 Å². The number of carbonyl (C=O) groups is 1. The molecule has 0 fully saturated rings. The van der Waals surface area contributed by atoms with Gasteiger partial charge in [-0.1, -0.05) is 5.21 Å². The zero-order valence-electron chi connectivity index (χ0n) is 8.28. The topological polar surface area (TPSA) is 90.9 Å². The van der Waals surface area contributed by atoms with Crippen LogP contribution in [0, 0.1) is 10.1 Å². The Hall–Kier alpha value is -2.09. The molecular weight excluding hydrogens is 292 g/mol. The van der Waals surface area contributed by atoms with Gasteiger partial charge in [-0.3, -0.25) is 14.9 Å². The lowest BCUT2D eigenvalue weighted by molar-refractivity contribution is -0.385. The summed E-state index contributed by atoms with van der Waals surface area (Å²) in [6, 6.07) is 4.50. The highest BCUT2D eigenvalue weighted by molar-refractivity contribution is 9.10. The second-order valence-corrected chi connectivity index (χ2v) is 3.95. The van der Waals surface area contributed by atoms with Crippen LogP contribution in [0.3, 0.4) is 0 Å². The lowest BCUT2D eigenvalue weighted by Crippen LogP contribution is -1.97. The predicted molar refractivity (Wildman–Crippen MR) is 61.1 cm³/mol. The fourth-order valence-corrected chi connectivity index (χ4v) is 1.63. The van der Waals surface area contributed by atoms with Gasteiger partial charge >= 0.3 is 0 Å². The van der Waals surface area contributed by atoms with Crippen LogP contribution in [0.15, 0.2) is 28.9 Å². The van der Waals surface area contributed by atoms with Crippen molar-refractivity contribution in [3.8, 4) is 5.69 Å². The molecule has 0 atom stereocenters. The van der Waals surface area contributed by atoms with E-state index in [1.54, 1.807) is 6.07 Å². The third-order valence-electron chi connectivity index (χ3n) is 2.02. The van der Waals surface area contributed by atoms with Crippen molar-refractivity contribution in [2.45, 2.75) is 0 Å². The molecule has 2 rings (SSSR count). The maximum absolute atomic E-state index is 10.7. The maximum atomic E-state index is 10.7. The van der Waals surface area contributed by atoms with Crippen molar-refractivity contribution in [2.75, 3.05) is 0 Å². The molecule has 2 aromatic rings. The smallest absolute Gasteiger partial charge is 0.285 e. The molecule has 1 aromatic carbocycles. The van der Waals surface area contributed by atoms with Crippen LogP contribution in [0.25, 0.3) is 5.69 Å². The predicted octanol–water partition coefficient (Wildman–Crippen LogP) is 1.75. The van der Waals surface area contributed by atoms with Crippen LogP contribution < -0.4 is 0 Å². The molecule has 0 bridgehead atoms. The second-order valence-electron chi connectivity index (χ2n) is 3.10. The third-order valence-corrected chi connectivity index (χ3v) is 2.69. The number of nitro benzene ring substituents is 1. The van der Waals surface area contributed by atoms with Crippen molar-refractivity contribution in [3.63, 3.8) is 0 Å². The monoisotopic (exact) mass is 296 g/mol. The van der Waals surface area contributed by atoms with Crippen LogP contribution in [-0.4, -0.2) is 26.2 Å². The van der Waals surface area contributed by atoms with E-state index >= 15 is 0 Å².